The molecule has 7 rings (SSSR count). The third-order valence-electron chi connectivity index (χ3n) is 14.9. The highest BCUT2D eigenvalue weighted by atomic mass is 16.4. The van der Waals surface area contributed by atoms with E-state index in [0.717, 1.165) is 74.9 Å². The molecule has 3 unspecified atom stereocenters. The van der Waals surface area contributed by atoms with Crippen molar-refractivity contribution in [3.8, 4) is 0 Å². The average Bonchev–Trinajstić information content (AvgIpc) is 3.33. The van der Waals surface area contributed by atoms with Crippen LogP contribution in [0, 0.1) is 44.8 Å². The smallest absolute Gasteiger partial charge is 0.310 e. The molecule has 0 amide bonds. The SMILES string of the molecule is CC1(C)CC[C@]2(C(=O)O)CC[C@]3(C)C(=C(c4cccc(CN)c4)CC4[C@@]5(C)Cc6c(n[nH]c6N)C(C)(C)C5CC[C@]43C)C2C1. The molecule has 6 heteroatoms. The van der Waals surface area contributed by atoms with Gasteiger partial charge in [0.25, 0.3) is 0 Å². The molecule has 6 N–H and O–H groups in total. The average molecular weight is 599 g/mol. The van der Waals surface area contributed by atoms with Crippen molar-refractivity contribution in [3.05, 3.63) is 52.2 Å². The molecule has 7 atom stereocenters. The number of nitrogens with one attached hydrogen (secondary N) is 1. The zero-order chi connectivity index (χ0) is 31.7. The second-order valence-electron chi connectivity index (χ2n) is 17.6. The second-order valence-corrected chi connectivity index (χ2v) is 17.6. The first-order valence-corrected chi connectivity index (χ1v) is 17.1. The maximum atomic E-state index is 13.4. The lowest BCUT2D eigenvalue weighted by molar-refractivity contribution is -0.175. The number of nitrogens with two attached hydrogens (primary N) is 2. The van der Waals surface area contributed by atoms with E-state index in [4.69, 9.17) is 16.6 Å². The topological polar surface area (TPSA) is 118 Å². The molecule has 3 saturated carbocycles. The highest BCUT2D eigenvalue weighted by molar-refractivity contribution is 5.80. The summed E-state index contributed by atoms with van der Waals surface area (Å²) in [5.74, 6) is 1.10. The molecule has 6 nitrogen and oxygen atoms in total. The fourth-order valence-electron chi connectivity index (χ4n) is 12.3. The molecule has 0 radical (unpaired) electrons. The predicted octanol–water partition coefficient (Wildman–Crippen LogP) is 7.88. The molecular weight excluding hydrogens is 544 g/mol. The van der Waals surface area contributed by atoms with Gasteiger partial charge in [-0.15, -0.1) is 0 Å². The number of nitrogens with zero attached hydrogens (tertiary/aromatic N) is 1. The monoisotopic (exact) mass is 598 g/mol. The lowest BCUT2D eigenvalue weighted by atomic mass is 9.33. The maximum absolute atomic E-state index is 13.4. The number of hydrogen-bond donors (Lipinski definition) is 4. The Morgan fingerprint density at radius 2 is 1.75 bits per heavy atom. The van der Waals surface area contributed by atoms with Crippen molar-refractivity contribution in [1.29, 1.82) is 0 Å². The van der Waals surface area contributed by atoms with Crippen LogP contribution in [-0.4, -0.2) is 21.3 Å². The Kier molecular flexibility index (Phi) is 6.31. The summed E-state index contributed by atoms with van der Waals surface area (Å²) >= 11 is 0. The molecule has 0 aliphatic heterocycles. The number of rotatable bonds is 3. The Labute approximate surface area is 263 Å². The molecule has 44 heavy (non-hydrogen) atoms. The minimum absolute atomic E-state index is 0.0277. The zero-order valence-electron chi connectivity index (χ0n) is 28.1. The van der Waals surface area contributed by atoms with Gasteiger partial charge in [-0.05, 0) is 114 Å². The Morgan fingerprint density at radius 1 is 1.02 bits per heavy atom. The van der Waals surface area contributed by atoms with Crippen LogP contribution in [0.3, 0.4) is 0 Å². The first-order chi connectivity index (χ1) is 20.5. The van der Waals surface area contributed by atoms with Crippen LogP contribution >= 0.6 is 0 Å². The number of H-pyrrole nitrogens is 1. The molecule has 3 fully saturated rings. The highest BCUT2D eigenvalue weighted by Crippen LogP contribution is 2.77. The predicted molar refractivity (Wildman–Crippen MR) is 177 cm³/mol. The minimum atomic E-state index is -0.682. The number of aliphatic carboxylic acids is 1. The molecular formula is C38H54N4O2. The number of fused-ring (bicyclic) bond motifs is 8. The third kappa shape index (κ3) is 3.69. The number of allylic oxidation sites excluding steroid dienone is 2. The minimum Gasteiger partial charge on any atom is -0.481 e. The van der Waals surface area contributed by atoms with Crippen molar-refractivity contribution >= 4 is 17.4 Å². The summed E-state index contributed by atoms with van der Waals surface area (Å²) in [4.78, 5) is 13.4. The van der Waals surface area contributed by atoms with Crippen molar-refractivity contribution < 1.29 is 9.90 Å². The molecule has 1 aromatic carbocycles. The molecule has 238 valence electrons. The molecule has 0 bridgehead atoms. The largest absolute Gasteiger partial charge is 0.481 e. The van der Waals surface area contributed by atoms with Gasteiger partial charge in [-0.1, -0.05) is 78.3 Å². The number of hydrogen-bond acceptors (Lipinski definition) is 4. The molecule has 5 aliphatic carbocycles. The van der Waals surface area contributed by atoms with E-state index in [1.807, 2.05) is 0 Å². The first-order valence-electron chi connectivity index (χ1n) is 17.1. The van der Waals surface area contributed by atoms with Gasteiger partial charge in [-0.3, -0.25) is 9.89 Å². The van der Waals surface area contributed by atoms with Gasteiger partial charge in [0, 0.05) is 17.5 Å². The third-order valence-corrected chi connectivity index (χ3v) is 14.9. The van der Waals surface area contributed by atoms with Crippen LogP contribution in [0.5, 0.6) is 0 Å². The Balaban J connectivity index is 1.49. The van der Waals surface area contributed by atoms with Crippen LogP contribution < -0.4 is 11.5 Å². The molecule has 2 aromatic rings. The summed E-state index contributed by atoms with van der Waals surface area (Å²) < 4.78 is 0. The van der Waals surface area contributed by atoms with Gasteiger partial charge >= 0.3 is 5.97 Å². The summed E-state index contributed by atoms with van der Waals surface area (Å²) in [5.41, 5.74) is 19.8. The van der Waals surface area contributed by atoms with Gasteiger partial charge in [0.1, 0.15) is 5.82 Å². The Hall–Kier alpha value is -2.60. The molecule has 0 spiro atoms. The van der Waals surface area contributed by atoms with Gasteiger partial charge < -0.3 is 16.6 Å². The van der Waals surface area contributed by atoms with Crippen LogP contribution in [-0.2, 0) is 23.2 Å². The van der Waals surface area contributed by atoms with E-state index in [0.29, 0.717) is 18.4 Å². The number of carboxylic acids is 1. The van der Waals surface area contributed by atoms with Crippen molar-refractivity contribution in [2.45, 2.75) is 118 Å². The first kappa shape index (κ1) is 30.1. The molecule has 5 aliphatic rings. The van der Waals surface area contributed by atoms with E-state index >= 15 is 0 Å². The summed E-state index contributed by atoms with van der Waals surface area (Å²) in [6.07, 6.45) is 8.61. The number of nitrogen functional groups attached to an aromatic ring is 1. The number of carboxylic acid groups (broad SMARTS) is 1. The fraction of sp³-hybridized carbons (Fsp3) is 0.684. The lowest BCUT2D eigenvalue weighted by Crippen LogP contribution is -2.65. The van der Waals surface area contributed by atoms with Crippen molar-refractivity contribution in [3.63, 3.8) is 0 Å². The molecule has 0 saturated heterocycles. The Morgan fingerprint density at radius 3 is 2.45 bits per heavy atom. The number of aromatic amines is 1. The number of carbonyl (C=O) groups is 1. The quantitative estimate of drug-likeness (QED) is 0.287. The van der Waals surface area contributed by atoms with E-state index < -0.39 is 11.4 Å². The van der Waals surface area contributed by atoms with Gasteiger partial charge in [0.2, 0.25) is 0 Å². The maximum Gasteiger partial charge on any atom is 0.310 e. The van der Waals surface area contributed by atoms with Crippen LogP contribution in [0.2, 0.25) is 0 Å². The van der Waals surface area contributed by atoms with Crippen LogP contribution in [0.1, 0.15) is 122 Å². The number of aromatic nitrogens is 2. The molecule has 1 aromatic heterocycles. The number of benzene rings is 1. The van der Waals surface area contributed by atoms with Gasteiger partial charge in [0.15, 0.2) is 0 Å². The standard InChI is InChI=1S/C38H54N4O2/c1-33(2)13-15-38(32(43)44)16-14-37(7)29(26(38)20-33)24(23-10-8-9-22(17-23)21-39)18-28-35(5)19-25-30(41-42-31(25)40)34(3,4)27(35)11-12-36(28,37)6/h8-10,17,26-28H,11-16,18-21,39H2,1-7H3,(H,43,44)(H3,40,41,42)/t26?,27?,28?,35-,36+,37+,38-/m0/s1. The van der Waals surface area contributed by atoms with Crippen molar-refractivity contribution in [2.24, 2.45) is 50.6 Å². The van der Waals surface area contributed by atoms with Gasteiger partial charge in [-0.25, -0.2) is 0 Å². The highest BCUT2D eigenvalue weighted by Gasteiger charge is 2.70. The second kappa shape index (κ2) is 9.24. The van der Waals surface area contributed by atoms with E-state index in [1.165, 1.54) is 22.3 Å². The van der Waals surface area contributed by atoms with Crippen LogP contribution in [0.4, 0.5) is 5.82 Å². The summed E-state index contributed by atoms with van der Waals surface area (Å²) in [6.45, 7) is 17.7. The summed E-state index contributed by atoms with van der Waals surface area (Å²) in [7, 11) is 0. The van der Waals surface area contributed by atoms with E-state index in [2.05, 4.69) is 77.8 Å². The van der Waals surface area contributed by atoms with Crippen molar-refractivity contribution in [1.82, 2.24) is 10.2 Å². The fourth-order valence-corrected chi connectivity index (χ4v) is 12.3. The number of anilines is 1. The zero-order valence-corrected chi connectivity index (χ0v) is 28.1. The van der Waals surface area contributed by atoms with E-state index in [1.54, 1.807) is 0 Å². The Bertz CT molecular complexity index is 1570. The summed E-state index contributed by atoms with van der Waals surface area (Å²) in [5, 5.41) is 18.9. The lowest BCUT2D eigenvalue weighted by Gasteiger charge is -2.71. The normalized spacial score (nSPS) is 40.2. The van der Waals surface area contributed by atoms with Crippen LogP contribution in [0.25, 0.3) is 5.57 Å². The molecule has 1 heterocycles. The van der Waals surface area contributed by atoms with E-state index in [9.17, 15) is 9.90 Å². The van der Waals surface area contributed by atoms with Crippen LogP contribution in [0.15, 0.2) is 29.8 Å². The van der Waals surface area contributed by atoms with Gasteiger partial charge in [-0.2, -0.15) is 5.10 Å². The van der Waals surface area contributed by atoms with Crippen molar-refractivity contribution in [2.75, 3.05) is 5.73 Å². The van der Waals surface area contributed by atoms with Gasteiger partial charge in [0.05, 0.1) is 11.1 Å². The summed E-state index contributed by atoms with van der Waals surface area (Å²) in [6, 6.07) is 8.85. The van der Waals surface area contributed by atoms with E-state index in [-0.39, 0.29) is 33.0 Å².